The lowest BCUT2D eigenvalue weighted by molar-refractivity contribution is 0.0725. The van der Waals surface area contributed by atoms with Gasteiger partial charge in [-0.1, -0.05) is 100 Å². The van der Waals surface area contributed by atoms with Gasteiger partial charge in [-0.25, -0.2) is 24.4 Å². The zero-order valence-corrected chi connectivity index (χ0v) is 57.7. The number of carbonyl (C=O) groups excluding carboxylic acids is 3. The van der Waals surface area contributed by atoms with E-state index in [1.54, 1.807) is 36.4 Å². The molecule has 0 unspecified atom stereocenters. The first kappa shape index (κ1) is 67.2. The molecular weight excluding hydrogens is 1220 g/mol. The lowest BCUT2D eigenvalue weighted by Gasteiger charge is -2.23. The first-order valence-corrected chi connectivity index (χ1v) is 33.8. The van der Waals surface area contributed by atoms with Gasteiger partial charge in [-0.2, -0.15) is 0 Å². The predicted octanol–water partition coefficient (Wildman–Crippen LogP) is 19.1. The molecule has 14 nitrogen and oxygen atoms in total. The molecule has 0 saturated carbocycles. The largest absolute Gasteiger partial charge is 0.494 e. The number of carbonyl (C=O) groups is 3. The minimum atomic E-state index is -0.489. The Hall–Kier alpha value is -10.8. The van der Waals surface area contributed by atoms with Gasteiger partial charge in [0.2, 0.25) is 0 Å². The Morgan fingerprint density at radius 2 is 0.571 bits per heavy atom. The van der Waals surface area contributed by atoms with Crippen molar-refractivity contribution in [3.63, 3.8) is 0 Å². The molecule has 98 heavy (non-hydrogen) atoms. The van der Waals surface area contributed by atoms with Gasteiger partial charge in [0, 0.05) is 80.7 Å². The second-order valence-corrected chi connectivity index (χ2v) is 27.8. The number of ether oxygens (including phenoxy) is 4. The van der Waals surface area contributed by atoms with Crippen molar-refractivity contribution in [3.05, 3.63) is 234 Å². The van der Waals surface area contributed by atoms with Gasteiger partial charge < -0.3 is 28.9 Å². The van der Waals surface area contributed by atoms with E-state index in [0.717, 1.165) is 102 Å². The maximum atomic E-state index is 13.8. The summed E-state index contributed by atoms with van der Waals surface area (Å²) in [6.07, 6.45) is 17.9. The summed E-state index contributed by atoms with van der Waals surface area (Å²) in [7, 11) is 18.8. The molecule has 0 spiro atoms. The van der Waals surface area contributed by atoms with Crippen molar-refractivity contribution in [1.29, 1.82) is 0 Å². The molecule has 2 N–H and O–H groups in total. The van der Waals surface area contributed by atoms with Crippen molar-refractivity contribution < 1.29 is 33.3 Å². The maximum Gasteiger partial charge on any atom is 0.343 e. The van der Waals surface area contributed by atoms with Crippen LogP contribution in [0.2, 0.25) is 0 Å². The smallest absolute Gasteiger partial charge is 0.343 e. The predicted molar refractivity (Wildman–Crippen MR) is 402 cm³/mol. The quantitative estimate of drug-likeness (QED) is 0.0277. The minimum absolute atomic E-state index is 0.373. The lowest BCUT2D eigenvalue weighted by Crippen LogP contribution is -2.34. The number of quaternary nitrogens is 3. The number of unbranched alkanes of at least 4 members (excludes halogenated alkanes) is 7. The molecule has 0 atom stereocenters. The molecule has 8 bridgehead atoms. The molecule has 12 rings (SSSR count). The van der Waals surface area contributed by atoms with Gasteiger partial charge in [0.15, 0.2) is 0 Å². The van der Waals surface area contributed by atoms with Crippen molar-refractivity contribution in [3.8, 4) is 67.5 Å². The summed E-state index contributed by atoms with van der Waals surface area (Å²) in [6, 6.07) is 61.4. The molecule has 14 heteroatoms. The van der Waals surface area contributed by atoms with E-state index >= 15 is 0 Å². The third kappa shape index (κ3) is 15.7. The van der Waals surface area contributed by atoms with E-state index in [1.807, 2.05) is 158 Å². The van der Waals surface area contributed by atoms with Gasteiger partial charge in [-0.3, -0.25) is 13.4 Å². The summed E-state index contributed by atoms with van der Waals surface area (Å²) >= 11 is 0. The van der Waals surface area contributed by atoms with E-state index < -0.39 is 17.9 Å². The minimum Gasteiger partial charge on any atom is -0.494 e. The van der Waals surface area contributed by atoms with Crippen molar-refractivity contribution in [2.75, 3.05) is 70.0 Å². The zero-order valence-electron chi connectivity index (χ0n) is 57.7. The van der Waals surface area contributed by atoms with Crippen molar-refractivity contribution in [2.24, 2.45) is 0 Å². The van der Waals surface area contributed by atoms with Crippen LogP contribution in [0.15, 0.2) is 194 Å². The molecular formula is C84H86N7O7+3. The fourth-order valence-corrected chi connectivity index (χ4v) is 12.3. The molecule has 0 fully saturated rings. The number of hydrogen-bond donors (Lipinski definition) is 2. The Morgan fingerprint density at radius 3 is 0.847 bits per heavy atom. The van der Waals surface area contributed by atoms with Crippen LogP contribution >= 0.6 is 0 Å². The number of benzene rings is 7. The van der Waals surface area contributed by atoms with E-state index in [1.165, 1.54) is 38.5 Å². The van der Waals surface area contributed by atoms with E-state index in [9.17, 15) is 14.4 Å². The molecule has 2 aliphatic rings. The van der Waals surface area contributed by atoms with Crippen LogP contribution in [0.1, 0.15) is 112 Å². The molecule has 0 amide bonds. The fourth-order valence-electron chi connectivity index (χ4n) is 12.3. The Labute approximate surface area is 574 Å². The van der Waals surface area contributed by atoms with Crippen LogP contribution in [0.25, 0.3) is 90.9 Å². The number of aromatic amines is 2. The van der Waals surface area contributed by atoms with Crippen LogP contribution in [0.5, 0.6) is 23.0 Å². The van der Waals surface area contributed by atoms with E-state index in [-0.39, 0.29) is 0 Å². The van der Waals surface area contributed by atoms with Crippen LogP contribution < -0.4 is 32.4 Å². The second kappa shape index (κ2) is 28.9. The number of hydrogen-bond acceptors (Lipinski definition) is 9. The van der Waals surface area contributed by atoms with Crippen LogP contribution in [0.3, 0.4) is 0 Å². The molecule has 5 heterocycles. The Bertz CT molecular complexity index is 4660. The third-order valence-electron chi connectivity index (χ3n) is 17.9. The van der Waals surface area contributed by atoms with Crippen LogP contribution in [-0.2, 0) is 0 Å². The monoisotopic (exact) mass is 1300 g/mol. The number of H-pyrrole nitrogens is 2. The molecule has 0 aliphatic carbocycles. The fraction of sp³-hybridized carbons (Fsp3) is 0.226. The van der Waals surface area contributed by atoms with Gasteiger partial charge in [-0.05, 0) is 162 Å². The van der Waals surface area contributed by atoms with Gasteiger partial charge >= 0.3 is 17.9 Å². The van der Waals surface area contributed by atoms with E-state index in [2.05, 4.69) is 105 Å². The van der Waals surface area contributed by atoms with Crippen LogP contribution in [-0.4, -0.2) is 108 Å². The van der Waals surface area contributed by atoms with Crippen LogP contribution in [0.4, 0.5) is 17.1 Å². The Balaban J connectivity index is 0.994. The molecule has 7 aromatic carbocycles. The van der Waals surface area contributed by atoms with Crippen molar-refractivity contribution in [2.45, 2.75) is 58.3 Å². The summed E-state index contributed by atoms with van der Waals surface area (Å²) in [5.74, 6) is 0.694. The van der Waals surface area contributed by atoms with Gasteiger partial charge in [0.05, 0.1) is 110 Å². The first-order chi connectivity index (χ1) is 47.1. The number of fused-ring (bicyclic) bond motifs is 8. The van der Waals surface area contributed by atoms with Gasteiger partial charge in [0.25, 0.3) is 0 Å². The summed E-state index contributed by atoms with van der Waals surface area (Å²) in [6.45, 7) is 2.89. The molecule has 0 saturated heterocycles. The van der Waals surface area contributed by atoms with Crippen LogP contribution in [0, 0.1) is 0 Å². The maximum absolute atomic E-state index is 13.8. The number of esters is 3. The Morgan fingerprint density at radius 1 is 0.316 bits per heavy atom. The van der Waals surface area contributed by atoms with E-state index in [4.69, 9.17) is 28.9 Å². The summed E-state index contributed by atoms with van der Waals surface area (Å²) in [4.78, 5) is 60.2. The topological polar surface area (TPSA) is 145 Å². The van der Waals surface area contributed by atoms with E-state index in [0.29, 0.717) is 76.8 Å². The highest BCUT2D eigenvalue weighted by molar-refractivity contribution is 6.02. The highest BCUT2D eigenvalue weighted by atomic mass is 16.5. The summed E-state index contributed by atoms with van der Waals surface area (Å²) in [5.41, 5.74) is 16.6. The van der Waals surface area contributed by atoms with Gasteiger partial charge in [-0.15, -0.1) is 0 Å². The van der Waals surface area contributed by atoms with Crippen molar-refractivity contribution >= 4 is 81.3 Å². The molecule has 496 valence electrons. The lowest BCUT2D eigenvalue weighted by atomic mass is 10.0. The number of rotatable bonds is 23. The average molecular weight is 1310 g/mol. The number of nitrogens with one attached hydrogen (secondary N) is 2. The number of nitrogens with zero attached hydrogens (tertiary/aromatic N) is 5. The molecule has 3 aromatic heterocycles. The SMILES string of the molecule is CCCCCCCCCCOc1ccc(-c2c3nc(c(-c4ccc(C(=O)Oc5ccc([N+](C)(C)C)cc5)cc4)c4ccc([nH]4)c(-c4ccc(C(=O)Oc5ccc([N+](C)(C)C)cc5)cc4)c4nc(c(-c5ccc(C(=O)Oc6ccc([N+](C)(C)C)cc6)cc5)c5ccc2[nH]5)C=C4)C=C3)cc1. The average Bonchev–Trinajstić information content (AvgIpc) is 1.61. The highest BCUT2D eigenvalue weighted by Gasteiger charge is 2.23. The molecule has 0 radical (unpaired) electrons. The molecule has 10 aromatic rings. The molecule has 2 aliphatic heterocycles. The first-order valence-electron chi connectivity index (χ1n) is 33.8. The standard InChI is InChI=1S/C84H85N7O7/c1-11-12-13-14-15-16-17-18-55-95-66-39-31-59(32-40-66)81-76-53-51-74(87-76)79(57-21-27-61(28-22-57)83(93)97-68-43-35-64(36-44-68)90(5,6)7)72-49-47-70(85-72)78(56-19-25-60(26-20-56)82(92)96-67-41-33-63(34-42-67)89(2,3)4)71-48-50-73(86-71)80(75-52-54-77(81)88-75)58-23-29-62(30-24-58)84(94)98-69-45-37-65(38-46-69)91(8,9)10/h19-54H,11-18,55H2,1-10H3,(H-,85,86,87,88,92,93,94)/q+2/p+1. The second-order valence-electron chi connectivity index (χ2n) is 27.8. The summed E-state index contributed by atoms with van der Waals surface area (Å²) < 4.78 is 26.0. The third-order valence-corrected chi connectivity index (χ3v) is 17.9. The normalized spacial score (nSPS) is 12.2. The highest BCUT2D eigenvalue weighted by Crippen LogP contribution is 2.40. The summed E-state index contributed by atoms with van der Waals surface area (Å²) in [5, 5.41) is 0. The van der Waals surface area contributed by atoms with Crippen molar-refractivity contribution in [1.82, 2.24) is 33.4 Å². The van der Waals surface area contributed by atoms with Gasteiger partial charge in [0.1, 0.15) is 40.1 Å². The Kier molecular flexibility index (Phi) is 19.8. The number of aromatic nitrogens is 4. The zero-order chi connectivity index (χ0) is 68.7.